The molecular formula is C23H24N6. The zero-order chi connectivity index (χ0) is 20.2. The summed E-state index contributed by atoms with van der Waals surface area (Å²) in [4.78, 5) is 19.8. The third-order valence-corrected chi connectivity index (χ3v) is 4.72. The Bertz CT molecular complexity index is 1120. The Morgan fingerprint density at radius 3 is 2.59 bits per heavy atom. The Balaban J connectivity index is 1.68. The van der Waals surface area contributed by atoms with Crippen LogP contribution in [0.15, 0.2) is 61.2 Å². The highest BCUT2D eigenvalue weighted by molar-refractivity contribution is 5.92. The van der Waals surface area contributed by atoms with Gasteiger partial charge in [0.05, 0.1) is 29.6 Å². The predicted octanol–water partition coefficient (Wildman–Crippen LogP) is 4.07. The van der Waals surface area contributed by atoms with Gasteiger partial charge < -0.3 is 10.2 Å². The molecule has 4 aromatic rings. The smallest absolute Gasteiger partial charge is 0.137 e. The van der Waals surface area contributed by atoms with Gasteiger partial charge in [0.1, 0.15) is 12.1 Å². The van der Waals surface area contributed by atoms with Crippen LogP contribution >= 0.6 is 0 Å². The first kappa shape index (κ1) is 19.0. The van der Waals surface area contributed by atoms with Crippen LogP contribution < -0.4 is 5.32 Å². The maximum atomic E-state index is 4.47. The molecule has 29 heavy (non-hydrogen) atoms. The first-order chi connectivity index (χ1) is 14.1. The second-order valence-corrected chi connectivity index (χ2v) is 7.35. The van der Waals surface area contributed by atoms with Crippen LogP contribution in [0.2, 0.25) is 0 Å². The van der Waals surface area contributed by atoms with E-state index < -0.39 is 0 Å². The molecule has 4 rings (SSSR count). The Hall–Kier alpha value is -3.38. The molecule has 2 heterocycles. The highest BCUT2D eigenvalue weighted by Gasteiger charge is 2.10. The Morgan fingerprint density at radius 1 is 0.931 bits per heavy atom. The van der Waals surface area contributed by atoms with Gasteiger partial charge in [0.2, 0.25) is 0 Å². The molecular weight excluding hydrogens is 360 g/mol. The summed E-state index contributed by atoms with van der Waals surface area (Å²) in [6, 6.07) is 14.8. The van der Waals surface area contributed by atoms with Crippen LogP contribution in [0.3, 0.4) is 0 Å². The number of rotatable bonds is 6. The molecule has 1 N–H and O–H groups in total. The van der Waals surface area contributed by atoms with Crippen LogP contribution in [0.25, 0.3) is 22.0 Å². The van der Waals surface area contributed by atoms with E-state index in [1.54, 1.807) is 18.7 Å². The molecule has 0 atom stereocenters. The molecule has 0 aliphatic rings. The molecule has 0 saturated carbocycles. The molecule has 0 amide bonds. The lowest BCUT2D eigenvalue weighted by Gasteiger charge is -2.15. The third kappa shape index (κ3) is 4.38. The highest BCUT2D eigenvalue weighted by Crippen LogP contribution is 2.29. The molecule has 0 bridgehead atoms. The molecule has 2 aromatic heterocycles. The summed E-state index contributed by atoms with van der Waals surface area (Å²) in [6.45, 7) is 3.37. The molecule has 0 saturated heterocycles. The van der Waals surface area contributed by atoms with Crippen LogP contribution in [0, 0.1) is 6.92 Å². The number of hydrogen-bond acceptors (Lipinski definition) is 6. The van der Waals surface area contributed by atoms with Gasteiger partial charge in [-0.1, -0.05) is 30.3 Å². The summed E-state index contributed by atoms with van der Waals surface area (Å²) in [5.41, 5.74) is 6.35. The Kier molecular flexibility index (Phi) is 5.44. The van der Waals surface area contributed by atoms with E-state index in [0.717, 1.165) is 40.2 Å². The monoisotopic (exact) mass is 384 g/mol. The molecule has 0 unspecified atom stereocenters. The number of nitrogens with zero attached hydrogens (tertiary/aromatic N) is 5. The predicted molar refractivity (Wildman–Crippen MR) is 116 cm³/mol. The van der Waals surface area contributed by atoms with Crippen LogP contribution in [-0.4, -0.2) is 38.9 Å². The fourth-order valence-corrected chi connectivity index (χ4v) is 3.33. The second kappa shape index (κ2) is 8.32. The minimum atomic E-state index is 0.556. The fourth-order valence-electron chi connectivity index (χ4n) is 3.33. The van der Waals surface area contributed by atoms with Gasteiger partial charge in [0, 0.05) is 18.1 Å². The summed E-state index contributed by atoms with van der Waals surface area (Å²) >= 11 is 0. The topological polar surface area (TPSA) is 66.8 Å². The van der Waals surface area contributed by atoms with Gasteiger partial charge in [-0.05, 0) is 49.8 Å². The van der Waals surface area contributed by atoms with Crippen molar-refractivity contribution in [1.29, 1.82) is 0 Å². The number of aromatic nitrogens is 4. The van der Waals surface area contributed by atoms with E-state index in [1.165, 1.54) is 11.1 Å². The number of anilines is 1. The molecule has 146 valence electrons. The summed E-state index contributed by atoms with van der Waals surface area (Å²) in [7, 11) is 4.17. The van der Waals surface area contributed by atoms with E-state index in [1.807, 2.05) is 6.92 Å². The minimum absolute atomic E-state index is 0.556. The average molecular weight is 384 g/mol. The summed E-state index contributed by atoms with van der Waals surface area (Å²) in [5.74, 6) is 0.796. The van der Waals surface area contributed by atoms with Crippen molar-refractivity contribution in [3.8, 4) is 11.1 Å². The summed E-state index contributed by atoms with van der Waals surface area (Å²) in [5, 5.41) is 4.38. The first-order valence-electron chi connectivity index (χ1n) is 9.59. The van der Waals surface area contributed by atoms with Crippen molar-refractivity contribution in [3.05, 3.63) is 78.1 Å². The largest absolute Gasteiger partial charge is 0.364 e. The van der Waals surface area contributed by atoms with Gasteiger partial charge in [0.15, 0.2) is 0 Å². The van der Waals surface area contributed by atoms with Crippen molar-refractivity contribution >= 4 is 16.7 Å². The van der Waals surface area contributed by atoms with E-state index in [9.17, 15) is 0 Å². The zero-order valence-corrected chi connectivity index (χ0v) is 16.9. The molecule has 0 radical (unpaired) electrons. The normalized spacial score (nSPS) is 11.2. The maximum Gasteiger partial charge on any atom is 0.137 e. The number of benzene rings is 2. The minimum Gasteiger partial charge on any atom is -0.364 e. The number of aryl methyl sites for hydroxylation is 1. The molecule has 0 spiro atoms. The van der Waals surface area contributed by atoms with Crippen molar-refractivity contribution in [1.82, 2.24) is 24.8 Å². The second-order valence-electron chi connectivity index (χ2n) is 7.35. The summed E-state index contributed by atoms with van der Waals surface area (Å²) in [6.07, 6.45) is 5.15. The summed E-state index contributed by atoms with van der Waals surface area (Å²) < 4.78 is 0. The van der Waals surface area contributed by atoms with Gasteiger partial charge in [-0.2, -0.15) is 0 Å². The van der Waals surface area contributed by atoms with Crippen LogP contribution in [0.5, 0.6) is 0 Å². The third-order valence-electron chi connectivity index (χ3n) is 4.72. The lowest BCUT2D eigenvalue weighted by molar-refractivity contribution is 0.403. The number of nitrogens with one attached hydrogen (secondary N) is 1. The van der Waals surface area contributed by atoms with Crippen molar-refractivity contribution in [2.75, 3.05) is 19.4 Å². The quantitative estimate of drug-likeness (QED) is 0.541. The van der Waals surface area contributed by atoms with Crippen LogP contribution in [0.1, 0.15) is 17.0 Å². The first-order valence-corrected chi connectivity index (χ1v) is 9.59. The van der Waals surface area contributed by atoms with Gasteiger partial charge in [-0.3, -0.25) is 9.97 Å². The highest BCUT2D eigenvalue weighted by atomic mass is 15.0. The standard InChI is InChI=1S/C23H24N6/c1-16-11-25-19(12-24-16)13-26-23-21-10-17(8-9-22(21)27-15-28-23)20-7-5-4-6-18(20)14-29(2)3/h4-12,15H,13-14H2,1-3H3,(H,26,27,28). The van der Waals surface area contributed by atoms with Crippen molar-refractivity contribution in [2.24, 2.45) is 0 Å². The molecule has 2 aromatic carbocycles. The van der Waals surface area contributed by atoms with E-state index >= 15 is 0 Å². The zero-order valence-electron chi connectivity index (χ0n) is 16.9. The molecule has 6 nitrogen and oxygen atoms in total. The van der Waals surface area contributed by atoms with E-state index in [4.69, 9.17) is 0 Å². The van der Waals surface area contributed by atoms with Crippen LogP contribution in [0.4, 0.5) is 5.82 Å². The maximum absolute atomic E-state index is 4.47. The number of hydrogen-bond donors (Lipinski definition) is 1. The van der Waals surface area contributed by atoms with Gasteiger partial charge in [-0.15, -0.1) is 0 Å². The Morgan fingerprint density at radius 2 is 1.79 bits per heavy atom. The SMILES string of the molecule is Cc1cnc(CNc2ncnc3ccc(-c4ccccc4CN(C)C)cc23)cn1. The van der Waals surface area contributed by atoms with Gasteiger partial charge in [-0.25, -0.2) is 9.97 Å². The van der Waals surface area contributed by atoms with Crippen molar-refractivity contribution in [3.63, 3.8) is 0 Å². The molecule has 6 heteroatoms. The number of fused-ring (bicyclic) bond motifs is 1. The lowest BCUT2D eigenvalue weighted by atomic mass is 9.98. The van der Waals surface area contributed by atoms with E-state index in [2.05, 4.69) is 86.7 Å². The van der Waals surface area contributed by atoms with Crippen molar-refractivity contribution < 1.29 is 0 Å². The average Bonchev–Trinajstić information content (AvgIpc) is 2.73. The molecule has 0 aliphatic heterocycles. The van der Waals surface area contributed by atoms with Gasteiger partial charge in [0.25, 0.3) is 0 Å². The fraction of sp³-hybridized carbons (Fsp3) is 0.217. The van der Waals surface area contributed by atoms with E-state index in [-0.39, 0.29) is 0 Å². The lowest BCUT2D eigenvalue weighted by Crippen LogP contribution is -2.11. The van der Waals surface area contributed by atoms with Crippen molar-refractivity contribution in [2.45, 2.75) is 20.0 Å². The van der Waals surface area contributed by atoms with E-state index in [0.29, 0.717) is 6.54 Å². The van der Waals surface area contributed by atoms with Gasteiger partial charge >= 0.3 is 0 Å². The van der Waals surface area contributed by atoms with Crippen LogP contribution in [-0.2, 0) is 13.1 Å². The molecule has 0 aliphatic carbocycles. The molecule has 0 fully saturated rings. The Labute approximate surface area is 170 Å².